The molecule has 2 aromatic heterocycles. The summed E-state index contributed by atoms with van der Waals surface area (Å²) < 4.78 is 13.7. The molecule has 12 nitrogen and oxygen atoms in total. The van der Waals surface area contributed by atoms with Gasteiger partial charge < -0.3 is 29.1 Å². The van der Waals surface area contributed by atoms with Crippen LogP contribution in [0.4, 0.5) is 16.6 Å². The Morgan fingerprint density at radius 1 is 1.15 bits per heavy atom. The van der Waals surface area contributed by atoms with Gasteiger partial charge in [-0.3, -0.25) is 5.32 Å². The fraction of sp³-hybridized carbons (Fsp3) is 0.778. The summed E-state index contributed by atoms with van der Waals surface area (Å²) in [5.41, 5.74) is 4.24. The minimum atomic E-state index is -0.639. The molecule has 0 aromatic carbocycles. The van der Waals surface area contributed by atoms with Crippen molar-refractivity contribution in [2.24, 2.45) is 17.8 Å². The number of carbonyl (C=O) groups is 1. The van der Waals surface area contributed by atoms with E-state index in [4.69, 9.17) is 29.3 Å². The second kappa shape index (κ2) is 11.4. The van der Waals surface area contributed by atoms with Gasteiger partial charge in [-0.05, 0) is 50.4 Å². The summed E-state index contributed by atoms with van der Waals surface area (Å²) in [7, 11) is 1.73. The second-order valence-corrected chi connectivity index (χ2v) is 11.8. The first-order valence-corrected chi connectivity index (χ1v) is 14.6. The molecule has 4 fully saturated rings. The Morgan fingerprint density at radius 3 is 2.67 bits per heavy atom. The van der Waals surface area contributed by atoms with Crippen molar-refractivity contribution in [1.82, 2.24) is 30.3 Å². The molecule has 3 N–H and O–H groups in total. The van der Waals surface area contributed by atoms with E-state index < -0.39 is 12.3 Å². The van der Waals surface area contributed by atoms with Gasteiger partial charge in [0.2, 0.25) is 5.95 Å². The number of nitrogens with one attached hydrogen (secondary N) is 3. The maximum atomic E-state index is 11.8. The third-order valence-corrected chi connectivity index (χ3v) is 9.03. The number of rotatable bonds is 9. The van der Waals surface area contributed by atoms with Gasteiger partial charge in [0.05, 0.1) is 25.9 Å². The van der Waals surface area contributed by atoms with Crippen molar-refractivity contribution in [3.8, 4) is 0 Å². The van der Waals surface area contributed by atoms with Crippen molar-refractivity contribution in [2.75, 3.05) is 43.7 Å². The average molecular weight is 543 g/mol. The summed E-state index contributed by atoms with van der Waals surface area (Å²) in [6, 6.07) is 0.326. The van der Waals surface area contributed by atoms with Crippen LogP contribution in [0.1, 0.15) is 70.8 Å². The molecule has 4 heterocycles. The fourth-order valence-corrected chi connectivity index (χ4v) is 6.36. The molecule has 6 rings (SSSR count). The minimum Gasteiger partial charge on any atom is -0.382 e. The van der Waals surface area contributed by atoms with Crippen molar-refractivity contribution in [3.05, 3.63) is 5.82 Å². The normalized spacial score (nSPS) is 28.7. The highest BCUT2D eigenvalue weighted by atomic mass is 16.7. The fourth-order valence-electron chi connectivity index (χ4n) is 6.36. The Labute approximate surface area is 229 Å². The van der Waals surface area contributed by atoms with Crippen molar-refractivity contribution in [2.45, 2.75) is 83.6 Å². The smallest absolute Gasteiger partial charge is 0.382 e. The number of nitrogens with zero attached hydrogens (tertiary/aromatic N) is 5. The van der Waals surface area contributed by atoms with E-state index in [-0.39, 0.29) is 12.1 Å². The molecule has 2 unspecified atom stereocenters. The van der Waals surface area contributed by atoms with Crippen LogP contribution in [-0.4, -0.2) is 71.2 Å². The van der Waals surface area contributed by atoms with Crippen LogP contribution in [0.2, 0.25) is 0 Å². The maximum Gasteiger partial charge on any atom is 0.427 e. The summed E-state index contributed by atoms with van der Waals surface area (Å²) in [5, 5.41) is 6.47. The molecule has 1 amide bonds. The van der Waals surface area contributed by atoms with Gasteiger partial charge in [0, 0.05) is 26.2 Å². The summed E-state index contributed by atoms with van der Waals surface area (Å²) in [6.45, 7) is 7.98. The van der Waals surface area contributed by atoms with Crippen LogP contribution < -0.4 is 21.0 Å². The number of hydroxylamine groups is 1. The lowest BCUT2D eigenvalue weighted by atomic mass is 9.80. The minimum absolute atomic E-state index is 0.0626. The average Bonchev–Trinajstić information content (AvgIpc) is 3.48. The van der Waals surface area contributed by atoms with E-state index in [1.807, 2.05) is 0 Å². The highest BCUT2D eigenvalue weighted by Gasteiger charge is 2.34. The van der Waals surface area contributed by atoms with Gasteiger partial charge in [-0.1, -0.05) is 26.2 Å². The van der Waals surface area contributed by atoms with Crippen LogP contribution in [0.15, 0.2) is 0 Å². The highest BCUT2D eigenvalue weighted by molar-refractivity contribution is 5.86. The number of imidazole rings is 1. The summed E-state index contributed by atoms with van der Waals surface area (Å²) in [6.07, 6.45) is 7.47. The van der Waals surface area contributed by atoms with Crippen molar-refractivity contribution in [3.63, 3.8) is 0 Å². The van der Waals surface area contributed by atoms with Crippen molar-refractivity contribution < 1.29 is 19.1 Å². The van der Waals surface area contributed by atoms with Gasteiger partial charge in [-0.25, -0.2) is 14.8 Å². The summed E-state index contributed by atoms with van der Waals surface area (Å²) in [4.78, 5) is 34.0. The first-order chi connectivity index (χ1) is 19.0. The Balaban J connectivity index is 1.45. The Morgan fingerprint density at radius 2 is 1.97 bits per heavy atom. The predicted octanol–water partition coefficient (Wildman–Crippen LogP) is 3.35. The largest absolute Gasteiger partial charge is 0.427 e. The number of amides is 1. The van der Waals surface area contributed by atoms with Gasteiger partial charge in [0.25, 0.3) is 0 Å². The molecule has 0 bridgehead atoms. The van der Waals surface area contributed by atoms with Gasteiger partial charge >= 0.3 is 6.09 Å². The lowest BCUT2D eigenvalue weighted by Crippen LogP contribution is -2.49. The third-order valence-electron chi connectivity index (χ3n) is 9.03. The zero-order chi connectivity index (χ0) is 26.9. The highest BCUT2D eigenvalue weighted by Crippen LogP contribution is 2.37. The molecular formula is C27H42N8O4. The van der Waals surface area contributed by atoms with Crippen LogP contribution in [0.3, 0.4) is 0 Å². The Bertz CT molecular complexity index is 1160. The zero-order valence-electron chi connectivity index (χ0n) is 23.3. The van der Waals surface area contributed by atoms with Crippen LogP contribution in [0.5, 0.6) is 0 Å². The molecule has 2 aliphatic carbocycles. The van der Waals surface area contributed by atoms with E-state index in [0.717, 1.165) is 36.3 Å². The molecule has 2 saturated carbocycles. The maximum absolute atomic E-state index is 11.8. The molecule has 12 heteroatoms. The number of anilines is 2. The molecule has 4 aliphatic rings. The van der Waals surface area contributed by atoms with Crippen LogP contribution in [-0.2, 0) is 20.9 Å². The van der Waals surface area contributed by atoms with Gasteiger partial charge in [0.15, 0.2) is 23.5 Å². The number of aromatic nitrogens is 4. The zero-order valence-corrected chi connectivity index (χ0v) is 23.3. The molecule has 39 heavy (non-hydrogen) atoms. The third kappa shape index (κ3) is 5.51. The van der Waals surface area contributed by atoms with Gasteiger partial charge in [0.1, 0.15) is 5.52 Å². The lowest BCUT2D eigenvalue weighted by molar-refractivity contribution is 0.0589. The van der Waals surface area contributed by atoms with Gasteiger partial charge in [-0.15, -0.1) is 5.48 Å². The Hall–Kier alpha value is -2.70. The number of ether oxygens (including phenoxy) is 2. The Kier molecular flexibility index (Phi) is 7.77. The molecule has 2 aromatic rings. The van der Waals surface area contributed by atoms with Crippen LogP contribution in [0.25, 0.3) is 11.2 Å². The van der Waals surface area contributed by atoms with E-state index in [0.29, 0.717) is 43.1 Å². The molecular weight excluding hydrogens is 500 g/mol. The van der Waals surface area contributed by atoms with Gasteiger partial charge in [-0.2, -0.15) is 4.98 Å². The molecule has 2 saturated heterocycles. The second-order valence-electron chi connectivity index (χ2n) is 11.8. The predicted molar refractivity (Wildman–Crippen MR) is 146 cm³/mol. The first-order valence-electron chi connectivity index (χ1n) is 14.6. The number of hydrogen-bond donors (Lipinski definition) is 3. The number of fused-ring (bicyclic) bond motifs is 1. The number of morpholine rings is 1. The van der Waals surface area contributed by atoms with Crippen molar-refractivity contribution >= 4 is 29.0 Å². The monoisotopic (exact) mass is 542 g/mol. The summed E-state index contributed by atoms with van der Waals surface area (Å²) >= 11 is 0. The number of carbonyl (C=O) groups excluding carboxylic acids is 1. The van der Waals surface area contributed by atoms with E-state index in [9.17, 15) is 4.79 Å². The van der Waals surface area contributed by atoms with Crippen LogP contribution >= 0.6 is 0 Å². The van der Waals surface area contributed by atoms with E-state index in [2.05, 4.69) is 39.4 Å². The lowest BCUT2D eigenvalue weighted by Gasteiger charge is -2.37. The first kappa shape index (κ1) is 26.5. The van der Waals surface area contributed by atoms with Crippen LogP contribution in [0, 0.1) is 17.8 Å². The van der Waals surface area contributed by atoms with Crippen molar-refractivity contribution in [1.29, 1.82) is 0 Å². The van der Waals surface area contributed by atoms with E-state index in [1.54, 1.807) is 7.11 Å². The molecule has 2 aliphatic heterocycles. The molecule has 0 radical (unpaired) electrons. The SMILES string of the molecule is COCC1COCCN1c1nc2nc(C3NOC(=O)N3)nc(N[C@H](C)C3CCC3)c2n1CC1CCC(C)CC1. The molecule has 214 valence electrons. The molecule has 0 spiro atoms. The topological polar surface area (TPSA) is 128 Å². The standard InChI is InChI=1S/C27H42N8O4/c1-16-7-9-18(10-8-16)13-35-21-22(28-17(2)19-5-4-6-19)29-24(25-32-27(36)39-33-25)30-23(21)31-26(35)34-11-12-38-15-20(34)14-37-3/h16-20,25,33H,4-15H2,1-3H3,(H,32,36)(H,28,29,30)/t16?,17-,18?,20?,25?/m1/s1. The quantitative estimate of drug-likeness (QED) is 0.434. The summed E-state index contributed by atoms with van der Waals surface area (Å²) in [5.74, 6) is 4.05. The number of methoxy groups -OCH3 is 1. The number of hydrogen-bond acceptors (Lipinski definition) is 10. The van der Waals surface area contributed by atoms with E-state index >= 15 is 0 Å². The molecule has 3 atom stereocenters. The van der Waals surface area contributed by atoms with E-state index in [1.165, 1.54) is 44.9 Å².